The maximum absolute atomic E-state index is 10.8. The number of carbonyl (C=O) groups is 1. The molecule has 0 aromatic heterocycles. The van der Waals surface area contributed by atoms with E-state index in [4.69, 9.17) is 5.11 Å². The number of carboxylic acid groups (broad SMARTS) is 1. The molecular formula is C10H21NO2. The molecule has 0 aromatic carbocycles. The van der Waals surface area contributed by atoms with E-state index in [2.05, 4.69) is 26.1 Å². The van der Waals surface area contributed by atoms with Crippen LogP contribution in [0.3, 0.4) is 0 Å². The Morgan fingerprint density at radius 3 is 2.08 bits per heavy atom. The summed E-state index contributed by atoms with van der Waals surface area (Å²) in [6.07, 6.45) is 0. The molecule has 3 nitrogen and oxygen atoms in total. The topological polar surface area (TPSA) is 49.3 Å². The van der Waals surface area contributed by atoms with Gasteiger partial charge >= 0.3 is 5.97 Å². The summed E-state index contributed by atoms with van der Waals surface area (Å²) in [6, 6.07) is -0.431. The summed E-state index contributed by atoms with van der Waals surface area (Å²) in [6.45, 7) is 10.8. The normalized spacial score (nSPS) is 14.6. The van der Waals surface area contributed by atoms with Crippen molar-refractivity contribution in [1.29, 1.82) is 0 Å². The Morgan fingerprint density at radius 1 is 1.38 bits per heavy atom. The summed E-state index contributed by atoms with van der Waals surface area (Å²) in [4.78, 5) is 10.8. The van der Waals surface area contributed by atoms with Crippen molar-refractivity contribution in [2.24, 2.45) is 11.3 Å². The molecular weight excluding hydrogens is 166 g/mol. The van der Waals surface area contributed by atoms with Crippen molar-refractivity contribution in [2.45, 2.75) is 40.7 Å². The second-order valence-electron chi connectivity index (χ2n) is 5.00. The third-order valence-corrected chi connectivity index (χ3v) is 1.79. The quantitative estimate of drug-likeness (QED) is 0.704. The Labute approximate surface area is 80.5 Å². The van der Waals surface area contributed by atoms with Gasteiger partial charge in [0.1, 0.15) is 6.04 Å². The second-order valence-corrected chi connectivity index (χ2v) is 5.00. The molecule has 0 radical (unpaired) electrons. The van der Waals surface area contributed by atoms with Gasteiger partial charge in [0.2, 0.25) is 0 Å². The molecule has 0 saturated carbocycles. The lowest BCUT2D eigenvalue weighted by molar-refractivity contribution is -0.140. The molecule has 0 aliphatic carbocycles. The molecule has 0 heterocycles. The molecule has 3 heteroatoms. The van der Waals surface area contributed by atoms with Gasteiger partial charge in [-0.25, -0.2) is 0 Å². The van der Waals surface area contributed by atoms with Crippen LogP contribution in [0.5, 0.6) is 0 Å². The van der Waals surface area contributed by atoms with E-state index in [-0.39, 0.29) is 11.3 Å². The van der Waals surface area contributed by atoms with Crippen LogP contribution >= 0.6 is 0 Å². The number of nitrogens with one attached hydrogen (secondary N) is 1. The fourth-order valence-corrected chi connectivity index (χ4v) is 1.02. The number of aliphatic carboxylic acids is 1. The Hall–Kier alpha value is -0.570. The second kappa shape index (κ2) is 4.61. The van der Waals surface area contributed by atoms with Crippen LogP contribution in [0.15, 0.2) is 0 Å². The van der Waals surface area contributed by atoms with E-state index in [1.54, 1.807) is 0 Å². The van der Waals surface area contributed by atoms with Crippen LogP contribution in [0.2, 0.25) is 0 Å². The van der Waals surface area contributed by atoms with Crippen molar-refractivity contribution < 1.29 is 9.90 Å². The summed E-state index contributed by atoms with van der Waals surface area (Å²) in [5.41, 5.74) is 0.128. The third kappa shape index (κ3) is 5.64. The molecule has 78 valence electrons. The summed E-state index contributed by atoms with van der Waals surface area (Å²) >= 11 is 0. The maximum Gasteiger partial charge on any atom is 0.320 e. The lowest BCUT2D eigenvalue weighted by atomic mass is 9.95. The van der Waals surface area contributed by atoms with E-state index in [1.165, 1.54) is 0 Å². The standard InChI is InChI=1S/C10H21NO2/c1-7(2)8(9(12)13)11-6-10(3,4)5/h7-8,11H,6H2,1-5H3,(H,12,13). The average Bonchev–Trinajstić information content (AvgIpc) is 1.82. The van der Waals surface area contributed by atoms with Crippen LogP contribution in [-0.2, 0) is 4.79 Å². The van der Waals surface area contributed by atoms with E-state index in [0.29, 0.717) is 0 Å². The van der Waals surface area contributed by atoms with Gasteiger partial charge in [-0.05, 0) is 11.3 Å². The van der Waals surface area contributed by atoms with Crippen LogP contribution in [0.4, 0.5) is 0 Å². The fraction of sp³-hybridized carbons (Fsp3) is 0.900. The Bertz CT molecular complexity index is 170. The van der Waals surface area contributed by atoms with E-state index in [1.807, 2.05) is 13.8 Å². The first-order valence-corrected chi connectivity index (χ1v) is 4.70. The molecule has 0 aromatic rings. The molecule has 2 N–H and O–H groups in total. The molecule has 1 atom stereocenters. The molecule has 0 bridgehead atoms. The molecule has 0 amide bonds. The SMILES string of the molecule is CC(C)C(NCC(C)(C)C)C(=O)O. The monoisotopic (exact) mass is 187 g/mol. The van der Waals surface area contributed by atoms with Gasteiger partial charge in [-0.1, -0.05) is 34.6 Å². The van der Waals surface area contributed by atoms with E-state index >= 15 is 0 Å². The molecule has 0 fully saturated rings. The lowest BCUT2D eigenvalue weighted by Crippen LogP contribution is -2.44. The lowest BCUT2D eigenvalue weighted by Gasteiger charge is -2.24. The summed E-state index contributed by atoms with van der Waals surface area (Å²) < 4.78 is 0. The number of hydrogen-bond acceptors (Lipinski definition) is 2. The number of carboxylic acids is 1. The molecule has 0 aliphatic heterocycles. The van der Waals surface area contributed by atoms with E-state index < -0.39 is 12.0 Å². The Balaban J connectivity index is 4.06. The van der Waals surface area contributed by atoms with Gasteiger partial charge in [-0.15, -0.1) is 0 Å². The van der Waals surface area contributed by atoms with Gasteiger partial charge in [0.05, 0.1) is 0 Å². The van der Waals surface area contributed by atoms with Crippen molar-refractivity contribution in [1.82, 2.24) is 5.32 Å². The van der Waals surface area contributed by atoms with Crippen molar-refractivity contribution in [2.75, 3.05) is 6.54 Å². The van der Waals surface area contributed by atoms with E-state index in [0.717, 1.165) is 6.54 Å². The predicted octanol–water partition coefficient (Wildman–Crippen LogP) is 1.73. The molecule has 0 aliphatic rings. The highest BCUT2D eigenvalue weighted by atomic mass is 16.4. The Morgan fingerprint density at radius 2 is 1.85 bits per heavy atom. The fourth-order valence-electron chi connectivity index (χ4n) is 1.02. The van der Waals surface area contributed by atoms with Crippen molar-refractivity contribution in [3.05, 3.63) is 0 Å². The molecule has 13 heavy (non-hydrogen) atoms. The van der Waals surface area contributed by atoms with Crippen molar-refractivity contribution in [3.8, 4) is 0 Å². The minimum absolute atomic E-state index is 0.125. The Kier molecular flexibility index (Phi) is 4.40. The van der Waals surface area contributed by atoms with Gasteiger partial charge < -0.3 is 10.4 Å². The smallest absolute Gasteiger partial charge is 0.320 e. The molecule has 1 unspecified atom stereocenters. The van der Waals surface area contributed by atoms with Crippen LogP contribution < -0.4 is 5.32 Å². The highest BCUT2D eigenvalue weighted by molar-refractivity contribution is 5.73. The average molecular weight is 187 g/mol. The molecule has 0 spiro atoms. The van der Waals surface area contributed by atoms with Crippen LogP contribution in [0.1, 0.15) is 34.6 Å². The predicted molar refractivity (Wildman–Crippen MR) is 53.7 cm³/mol. The van der Waals surface area contributed by atoms with Crippen molar-refractivity contribution in [3.63, 3.8) is 0 Å². The maximum atomic E-state index is 10.8. The zero-order valence-corrected chi connectivity index (χ0v) is 9.22. The third-order valence-electron chi connectivity index (χ3n) is 1.79. The zero-order valence-electron chi connectivity index (χ0n) is 9.22. The summed E-state index contributed by atoms with van der Waals surface area (Å²) in [5.74, 6) is -0.640. The summed E-state index contributed by atoms with van der Waals surface area (Å²) in [7, 11) is 0. The first-order valence-electron chi connectivity index (χ1n) is 4.70. The van der Waals surface area contributed by atoms with Gasteiger partial charge in [-0.2, -0.15) is 0 Å². The number of hydrogen-bond donors (Lipinski definition) is 2. The van der Waals surface area contributed by atoms with Crippen LogP contribution in [0, 0.1) is 11.3 Å². The van der Waals surface area contributed by atoms with Crippen molar-refractivity contribution >= 4 is 5.97 Å². The largest absolute Gasteiger partial charge is 0.480 e. The molecule has 0 saturated heterocycles. The first kappa shape index (κ1) is 12.4. The highest BCUT2D eigenvalue weighted by Crippen LogP contribution is 2.12. The number of rotatable bonds is 4. The van der Waals surface area contributed by atoms with E-state index in [9.17, 15) is 4.79 Å². The van der Waals surface area contributed by atoms with Gasteiger partial charge in [0, 0.05) is 6.54 Å². The van der Waals surface area contributed by atoms with Gasteiger partial charge in [0.15, 0.2) is 0 Å². The van der Waals surface area contributed by atoms with Crippen LogP contribution in [0.25, 0.3) is 0 Å². The van der Waals surface area contributed by atoms with Gasteiger partial charge in [-0.3, -0.25) is 4.79 Å². The molecule has 0 rings (SSSR count). The minimum atomic E-state index is -0.765. The van der Waals surface area contributed by atoms with Crippen LogP contribution in [-0.4, -0.2) is 23.7 Å². The summed E-state index contributed by atoms with van der Waals surface area (Å²) in [5, 5.41) is 11.9. The highest BCUT2D eigenvalue weighted by Gasteiger charge is 2.22. The zero-order chi connectivity index (χ0) is 10.6. The minimum Gasteiger partial charge on any atom is -0.480 e. The van der Waals surface area contributed by atoms with Gasteiger partial charge in [0.25, 0.3) is 0 Å². The first-order chi connectivity index (χ1) is 5.74.